The number of amides is 1. The number of halogens is 4. The van der Waals surface area contributed by atoms with Gasteiger partial charge in [0, 0.05) is 11.0 Å². The van der Waals surface area contributed by atoms with Crippen molar-refractivity contribution in [3.8, 4) is 0 Å². The predicted molar refractivity (Wildman–Crippen MR) is 78.0 cm³/mol. The topological polar surface area (TPSA) is 41.1 Å². The molecule has 21 heavy (non-hydrogen) atoms. The highest BCUT2D eigenvalue weighted by Gasteiger charge is 2.41. The van der Waals surface area contributed by atoms with Gasteiger partial charge in [0.05, 0.1) is 16.7 Å². The van der Waals surface area contributed by atoms with Crippen molar-refractivity contribution in [2.24, 2.45) is 5.41 Å². The first-order chi connectivity index (χ1) is 9.78. The van der Waals surface area contributed by atoms with Crippen LogP contribution in [0, 0.1) is 5.41 Å². The predicted octanol–water partition coefficient (Wildman–Crippen LogP) is 3.80. The van der Waals surface area contributed by atoms with E-state index in [-0.39, 0.29) is 11.6 Å². The third kappa shape index (κ3) is 3.40. The van der Waals surface area contributed by atoms with Crippen LogP contribution in [-0.2, 0) is 11.0 Å². The molecule has 116 valence electrons. The van der Waals surface area contributed by atoms with Crippen LogP contribution in [-0.4, -0.2) is 19.0 Å². The van der Waals surface area contributed by atoms with Crippen LogP contribution in [0.3, 0.4) is 0 Å². The lowest BCUT2D eigenvalue weighted by molar-refractivity contribution is -0.137. The Morgan fingerprint density at radius 1 is 1.48 bits per heavy atom. The molecule has 1 atom stereocenters. The highest BCUT2D eigenvalue weighted by molar-refractivity contribution is 9.10. The Kier molecular flexibility index (Phi) is 4.63. The number of benzene rings is 1. The highest BCUT2D eigenvalue weighted by atomic mass is 79.9. The van der Waals surface area contributed by atoms with Crippen LogP contribution in [0.2, 0.25) is 0 Å². The van der Waals surface area contributed by atoms with Crippen LogP contribution >= 0.6 is 15.9 Å². The van der Waals surface area contributed by atoms with Gasteiger partial charge in [-0.15, -0.1) is 0 Å². The number of hydrogen-bond donors (Lipinski definition) is 2. The van der Waals surface area contributed by atoms with Crippen molar-refractivity contribution < 1.29 is 18.0 Å². The molecule has 3 nitrogen and oxygen atoms in total. The molecule has 0 spiro atoms. The summed E-state index contributed by atoms with van der Waals surface area (Å²) in [6.45, 7) is 3.07. The van der Waals surface area contributed by atoms with Gasteiger partial charge >= 0.3 is 6.18 Å². The molecule has 0 aliphatic carbocycles. The minimum Gasteiger partial charge on any atom is -0.325 e. The second-order valence-corrected chi connectivity index (χ2v) is 6.12. The van der Waals surface area contributed by atoms with E-state index in [1.54, 1.807) is 0 Å². The summed E-state index contributed by atoms with van der Waals surface area (Å²) in [6, 6.07) is 3.73. The number of rotatable bonds is 3. The molecule has 0 saturated carbocycles. The van der Waals surface area contributed by atoms with Crippen molar-refractivity contribution in [3.63, 3.8) is 0 Å². The average molecular weight is 365 g/mol. The summed E-state index contributed by atoms with van der Waals surface area (Å²) in [5.41, 5.74) is -1.67. The number of carbonyl (C=O) groups excluding carboxylic acids is 1. The van der Waals surface area contributed by atoms with Crippen molar-refractivity contribution in [1.29, 1.82) is 0 Å². The van der Waals surface area contributed by atoms with Crippen molar-refractivity contribution >= 4 is 27.5 Å². The molecule has 1 aliphatic heterocycles. The fourth-order valence-electron chi connectivity index (χ4n) is 2.51. The number of anilines is 1. The largest absolute Gasteiger partial charge is 0.418 e. The average Bonchev–Trinajstić information content (AvgIpc) is 2.89. The summed E-state index contributed by atoms with van der Waals surface area (Å²) in [4.78, 5) is 12.4. The van der Waals surface area contributed by atoms with E-state index in [1.807, 2.05) is 6.92 Å². The molecule has 2 rings (SSSR count). The van der Waals surface area contributed by atoms with Crippen LogP contribution in [0.4, 0.5) is 18.9 Å². The molecular formula is C14H16BrF3N2O. The molecule has 1 fully saturated rings. The summed E-state index contributed by atoms with van der Waals surface area (Å²) in [5, 5.41) is 5.55. The SMILES string of the molecule is CCC1(C(=O)Nc2ccc(Br)cc2C(F)(F)F)CCNC1. The lowest BCUT2D eigenvalue weighted by atomic mass is 9.83. The van der Waals surface area contributed by atoms with Crippen LogP contribution in [0.15, 0.2) is 22.7 Å². The van der Waals surface area contributed by atoms with Gasteiger partial charge in [-0.1, -0.05) is 22.9 Å². The molecule has 1 amide bonds. The van der Waals surface area contributed by atoms with Gasteiger partial charge in [0.2, 0.25) is 5.91 Å². The molecule has 7 heteroatoms. The molecule has 0 aromatic heterocycles. The van der Waals surface area contributed by atoms with E-state index < -0.39 is 17.2 Å². The van der Waals surface area contributed by atoms with E-state index in [4.69, 9.17) is 0 Å². The zero-order chi connectivity index (χ0) is 15.7. The van der Waals surface area contributed by atoms with Gasteiger partial charge in [0.25, 0.3) is 0 Å². The van der Waals surface area contributed by atoms with Gasteiger partial charge in [-0.05, 0) is 37.6 Å². The maximum absolute atomic E-state index is 13.0. The summed E-state index contributed by atoms with van der Waals surface area (Å²) in [7, 11) is 0. The second-order valence-electron chi connectivity index (χ2n) is 5.20. The Labute approximate surface area is 129 Å². The van der Waals surface area contributed by atoms with Crippen LogP contribution in [0.5, 0.6) is 0 Å². The monoisotopic (exact) mass is 364 g/mol. The number of hydrogen-bond acceptors (Lipinski definition) is 2. The third-order valence-corrected chi connectivity index (χ3v) is 4.43. The van der Waals surface area contributed by atoms with Crippen molar-refractivity contribution in [3.05, 3.63) is 28.2 Å². The fourth-order valence-corrected chi connectivity index (χ4v) is 2.88. The fraction of sp³-hybridized carbons (Fsp3) is 0.500. The maximum atomic E-state index is 13.0. The summed E-state index contributed by atoms with van der Waals surface area (Å²) >= 11 is 3.02. The summed E-state index contributed by atoms with van der Waals surface area (Å²) in [6.07, 6.45) is -3.30. The first-order valence-corrected chi connectivity index (χ1v) is 7.47. The number of alkyl halides is 3. The van der Waals surface area contributed by atoms with Gasteiger partial charge in [0.15, 0.2) is 0 Å². The van der Waals surface area contributed by atoms with Gasteiger partial charge in [-0.2, -0.15) is 13.2 Å². The van der Waals surface area contributed by atoms with Crippen LogP contribution in [0.25, 0.3) is 0 Å². The van der Waals surface area contributed by atoms with Crippen molar-refractivity contribution in [2.75, 3.05) is 18.4 Å². The molecular weight excluding hydrogens is 349 g/mol. The molecule has 1 saturated heterocycles. The van der Waals surface area contributed by atoms with Gasteiger partial charge in [-0.25, -0.2) is 0 Å². The van der Waals surface area contributed by atoms with E-state index in [0.717, 1.165) is 6.07 Å². The zero-order valence-corrected chi connectivity index (χ0v) is 13.1. The molecule has 1 heterocycles. The van der Waals surface area contributed by atoms with E-state index in [1.165, 1.54) is 12.1 Å². The van der Waals surface area contributed by atoms with E-state index in [2.05, 4.69) is 26.6 Å². The third-order valence-electron chi connectivity index (χ3n) is 3.94. The Balaban J connectivity index is 2.29. The minimum atomic E-state index is -4.51. The Hall–Kier alpha value is -1.08. The number of carbonyl (C=O) groups is 1. The first-order valence-electron chi connectivity index (χ1n) is 6.67. The standard InChI is InChI=1S/C14H16BrF3N2O/c1-2-13(5-6-19-8-13)12(21)20-11-4-3-9(15)7-10(11)14(16,17)18/h3-4,7,19H,2,5-6,8H2,1H3,(H,20,21). The Bertz CT molecular complexity index is 540. The van der Waals surface area contributed by atoms with Crippen LogP contribution < -0.4 is 10.6 Å². The lowest BCUT2D eigenvalue weighted by Gasteiger charge is -2.26. The molecule has 1 unspecified atom stereocenters. The molecule has 1 aliphatic rings. The molecule has 0 bridgehead atoms. The van der Waals surface area contributed by atoms with Crippen molar-refractivity contribution in [1.82, 2.24) is 5.32 Å². The van der Waals surface area contributed by atoms with Gasteiger partial charge in [-0.3, -0.25) is 4.79 Å². The Morgan fingerprint density at radius 3 is 2.71 bits per heavy atom. The summed E-state index contributed by atoms with van der Waals surface area (Å²) in [5.74, 6) is -0.358. The van der Waals surface area contributed by atoms with Gasteiger partial charge < -0.3 is 10.6 Å². The smallest absolute Gasteiger partial charge is 0.325 e. The van der Waals surface area contributed by atoms with E-state index >= 15 is 0 Å². The summed E-state index contributed by atoms with van der Waals surface area (Å²) < 4.78 is 39.5. The quantitative estimate of drug-likeness (QED) is 0.856. The highest BCUT2D eigenvalue weighted by Crippen LogP contribution is 2.38. The number of nitrogens with one attached hydrogen (secondary N) is 2. The maximum Gasteiger partial charge on any atom is 0.418 e. The first kappa shape index (κ1) is 16.3. The molecule has 1 aromatic rings. The van der Waals surface area contributed by atoms with Gasteiger partial charge in [0.1, 0.15) is 0 Å². The molecule has 0 radical (unpaired) electrons. The van der Waals surface area contributed by atoms with E-state index in [9.17, 15) is 18.0 Å². The Morgan fingerprint density at radius 2 is 2.19 bits per heavy atom. The lowest BCUT2D eigenvalue weighted by Crippen LogP contribution is -2.38. The van der Waals surface area contributed by atoms with Crippen LogP contribution in [0.1, 0.15) is 25.3 Å². The molecule has 1 aromatic carbocycles. The zero-order valence-electron chi connectivity index (χ0n) is 11.5. The van der Waals surface area contributed by atoms with E-state index in [0.29, 0.717) is 30.4 Å². The normalized spacial score (nSPS) is 22.3. The van der Waals surface area contributed by atoms with Crippen molar-refractivity contribution in [2.45, 2.75) is 25.9 Å². The molecule has 2 N–H and O–H groups in total. The minimum absolute atomic E-state index is 0.199. The second kappa shape index (κ2) is 5.96.